The molecule has 36 heavy (non-hydrogen) atoms. The second-order valence-corrected chi connectivity index (χ2v) is 9.14. The Morgan fingerprint density at radius 2 is 1.89 bits per heavy atom. The average Bonchev–Trinajstić information content (AvgIpc) is 3.28. The number of pyridine rings is 1. The van der Waals surface area contributed by atoms with Crippen molar-refractivity contribution in [3.63, 3.8) is 0 Å². The first kappa shape index (κ1) is 23.7. The number of aromatic nitrogens is 3. The van der Waals surface area contributed by atoms with Crippen molar-refractivity contribution >= 4 is 51.7 Å². The maximum atomic E-state index is 13.0. The van der Waals surface area contributed by atoms with Gasteiger partial charge in [-0.1, -0.05) is 23.7 Å². The van der Waals surface area contributed by atoms with Gasteiger partial charge in [-0.05, 0) is 55.5 Å². The Morgan fingerprint density at radius 1 is 1.06 bits per heavy atom. The van der Waals surface area contributed by atoms with Crippen LogP contribution >= 0.6 is 11.6 Å². The second-order valence-electron chi connectivity index (χ2n) is 8.70. The lowest BCUT2D eigenvalue weighted by atomic mass is 9.92. The number of halogens is 1. The van der Waals surface area contributed by atoms with Crippen LogP contribution in [0.3, 0.4) is 0 Å². The van der Waals surface area contributed by atoms with Crippen LogP contribution in [0.5, 0.6) is 0 Å². The number of hydrogen-bond acceptors (Lipinski definition) is 7. The highest BCUT2D eigenvalue weighted by molar-refractivity contribution is 6.30. The van der Waals surface area contributed by atoms with Crippen molar-refractivity contribution in [2.75, 3.05) is 28.6 Å². The van der Waals surface area contributed by atoms with E-state index in [4.69, 9.17) is 16.0 Å². The molecule has 4 heterocycles. The first-order valence-electron chi connectivity index (χ1n) is 11.8. The van der Waals surface area contributed by atoms with E-state index in [2.05, 4.69) is 30.5 Å². The van der Waals surface area contributed by atoms with E-state index < -0.39 is 5.91 Å². The molecular formula is C26H25ClN6O3. The zero-order chi connectivity index (χ0) is 24.9. The Hall–Kier alpha value is -3.98. The summed E-state index contributed by atoms with van der Waals surface area (Å²) in [5.41, 5.74) is 0.875. The number of nitrogens with zero attached hydrogens (tertiary/aromatic N) is 4. The molecule has 0 spiro atoms. The first-order valence-corrected chi connectivity index (χ1v) is 12.2. The third-order valence-corrected chi connectivity index (χ3v) is 6.54. The van der Waals surface area contributed by atoms with Crippen molar-refractivity contribution in [3.8, 4) is 0 Å². The number of para-hydroxylation sites is 1. The van der Waals surface area contributed by atoms with Crippen LogP contribution in [-0.2, 0) is 4.79 Å². The summed E-state index contributed by atoms with van der Waals surface area (Å²) < 4.78 is 5.81. The molecular weight excluding hydrogens is 480 g/mol. The number of carbonyl (C=O) groups is 2. The first-order chi connectivity index (χ1) is 17.6. The summed E-state index contributed by atoms with van der Waals surface area (Å²) in [6.07, 6.45) is 7.87. The Labute approximate surface area is 212 Å². The minimum absolute atomic E-state index is 0.0273. The highest BCUT2D eigenvalue weighted by Crippen LogP contribution is 2.32. The Kier molecular flexibility index (Phi) is 7.08. The van der Waals surface area contributed by atoms with Crippen LogP contribution < -0.4 is 15.5 Å². The van der Waals surface area contributed by atoms with Crippen molar-refractivity contribution in [3.05, 3.63) is 72.0 Å². The van der Waals surface area contributed by atoms with Crippen molar-refractivity contribution < 1.29 is 14.0 Å². The van der Waals surface area contributed by atoms with E-state index in [0.29, 0.717) is 39.8 Å². The molecule has 1 aliphatic rings. The van der Waals surface area contributed by atoms with Gasteiger partial charge in [0, 0.05) is 37.3 Å². The number of rotatable bonds is 7. The Balaban J connectivity index is 1.22. The van der Waals surface area contributed by atoms with E-state index in [0.717, 1.165) is 38.2 Å². The fraction of sp³-hybridized carbons (Fsp3) is 0.269. The molecule has 0 unspecified atom stereocenters. The molecule has 0 bridgehead atoms. The third-order valence-electron chi connectivity index (χ3n) is 6.32. The number of carbonyl (C=O) groups excluding carboxylic acids is 2. The number of furan rings is 1. The SMILES string of the molecule is O=C(CCC1CCN(c2ccncn2)CC1)Nc1c(C(=O)Nc2ccc(Cl)cn2)oc2ccccc12. The van der Waals surface area contributed by atoms with Crippen molar-refractivity contribution in [1.29, 1.82) is 0 Å². The van der Waals surface area contributed by atoms with Gasteiger partial charge in [-0.25, -0.2) is 15.0 Å². The molecule has 5 rings (SSSR count). The summed E-state index contributed by atoms with van der Waals surface area (Å²) in [4.78, 5) is 40.5. The molecule has 9 nitrogen and oxygen atoms in total. The standard InChI is InChI=1S/C26H25ClN6O3/c27-18-6-7-21(29-15-18)31-26(35)25-24(19-3-1-2-4-20(19)36-25)32-23(34)8-5-17-10-13-33(14-11-17)22-9-12-28-16-30-22/h1-4,6-7,9,12,15-17H,5,8,10-11,13-14H2,(H,32,34)(H,29,31,35). The minimum Gasteiger partial charge on any atom is -0.449 e. The molecule has 1 aliphatic heterocycles. The number of nitrogens with one attached hydrogen (secondary N) is 2. The molecule has 0 aliphatic carbocycles. The molecule has 0 saturated carbocycles. The smallest absolute Gasteiger partial charge is 0.294 e. The number of amides is 2. The Bertz CT molecular complexity index is 1350. The number of fused-ring (bicyclic) bond motifs is 1. The summed E-state index contributed by atoms with van der Waals surface area (Å²) in [6, 6.07) is 12.4. The summed E-state index contributed by atoms with van der Waals surface area (Å²) in [5, 5.41) is 6.74. The van der Waals surface area contributed by atoms with Gasteiger partial charge in [0.05, 0.1) is 5.02 Å². The van der Waals surface area contributed by atoms with Gasteiger partial charge in [0.15, 0.2) is 0 Å². The molecule has 1 aromatic carbocycles. The maximum absolute atomic E-state index is 13.0. The molecule has 0 atom stereocenters. The molecule has 3 aromatic heterocycles. The lowest BCUT2D eigenvalue weighted by Crippen LogP contribution is -2.34. The average molecular weight is 505 g/mol. The molecule has 10 heteroatoms. The second kappa shape index (κ2) is 10.7. The summed E-state index contributed by atoms with van der Waals surface area (Å²) >= 11 is 5.87. The van der Waals surface area contributed by atoms with Crippen molar-refractivity contribution in [1.82, 2.24) is 15.0 Å². The van der Waals surface area contributed by atoms with Gasteiger partial charge < -0.3 is 20.0 Å². The fourth-order valence-electron chi connectivity index (χ4n) is 4.41. The van der Waals surface area contributed by atoms with E-state index >= 15 is 0 Å². The molecule has 2 amide bonds. The molecule has 2 N–H and O–H groups in total. The predicted molar refractivity (Wildman–Crippen MR) is 138 cm³/mol. The molecule has 184 valence electrons. The van der Waals surface area contributed by atoms with Crippen LogP contribution in [0.1, 0.15) is 36.2 Å². The molecule has 4 aromatic rings. The topological polar surface area (TPSA) is 113 Å². The van der Waals surface area contributed by atoms with E-state index in [1.165, 1.54) is 6.20 Å². The molecule has 1 fully saturated rings. The third kappa shape index (κ3) is 5.46. The van der Waals surface area contributed by atoms with E-state index in [9.17, 15) is 9.59 Å². The zero-order valence-corrected chi connectivity index (χ0v) is 20.2. The lowest BCUT2D eigenvalue weighted by Gasteiger charge is -2.32. The summed E-state index contributed by atoms with van der Waals surface area (Å²) in [7, 11) is 0. The van der Waals surface area contributed by atoms with E-state index in [-0.39, 0.29) is 11.7 Å². The minimum atomic E-state index is -0.506. The van der Waals surface area contributed by atoms with Crippen LogP contribution in [0.2, 0.25) is 5.02 Å². The Morgan fingerprint density at radius 3 is 2.64 bits per heavy atom. The van der Waals surface area contributed by atoms with Gasteiger partial charge in [0.2, 0.25) is 11.7 Å². The van der Waals surface area contributed by atoms with Gasteiger partial charge in [-0.15, -0.1) is 0 Å². The monoisotopic (exact) mass is 504 g/mol. The maximum Gasteiger partial charge on any atom is 0.294 e. The number of piperidine rings is 1. The van der Waals surface area contributed by atoms with Crippen LogP contribution in [0.25, 0.3) is 11.0 Å². The number of benzene rings is 1. The van der Waals surface area contributed by atoms with Crippen LogP contribution in [0.15, 0.2) is 65.6 Å². The fourth-order valence-corrected chi connectivity index (χ4v) is 4.52. The number of hydrogen-bond donors (Lipinski definition) is 2. The van der Waals surface area contributed by atoms with Crippen molar-refractivity contribution in [2.45, 2.75) is 25.7 Å². The zero-order valence-electron chi connectivity index (χ0n) is 19.5. The highest BCUT2D eigenvalue weighted by atomic mass is 35.5. The summed E-state index contributed by atoms with van der Waals surface area (Å²) in [5.74, 6) is 1.09. The van der Waals surface area contributed by atoms with Gasteiger partial charge in [0.1, 0.15) is 29.2 Å². The van der Waals surface area contributed by atoms with Gasteiger partial charge >= 0.3 is 0 Å². The van der Waals surface area contributed by atoms with Crippen molar-refractivity contribution in [2.24, 2.45) is 5.92 Å². The quantitative estimate of drug-likeness (QED) is 0.357. The predicted octanol–water partition coefficient (Wildman–Crippen LogP) is 5.16. The van der Waals surface area contributed by atoms with Crippen LogP contribution in [0.4, 0.5) is 17.3 Å². The van der Waals surface area contributed by atoms with Gasteiger partial charge in [-0.3, -0.25) is 9.59 Å². The van der Waals surface area contributed by atoms with Crippen LogP contribution in [0, 0.1) is 5.92 Å². The number of anilines is 3. The molecule has 0 radical (unpaired) electrons. The lowest BCUT2D eigenvalue weighted by molar-refractivity contribution is -0.116. The van der Waals surface area contributed by atoms with E-state index in [1.807, 2.05) is 24.3 Å². The normalized spacial score (nSPS) is 14.1. The van der Waals surface area contributed by atoms with Gasteiger partial charge in [0.25, 0.3) is 5.91 Å². The summed E-state index contributed by atoms with van der Waals surface area (Å²) in [6.45, 7) is 1.80. The molecule has 1 saturated heterocycles. The van der Waals surface area contributed by atoms with Gasteiger partial charge in [-0.2, -0.15) is 0 Å². The van der Waals surface area contributed by atoms with Crippen LogP contribution in [-0.4, -0.2) is 39.9 Å². The largest absolute Gasteiger partial charge is 0.449 e. The highest BCUT2D eigenvalue weighted by Gasteiger charge is 2.24. The van der Waals surface area contributed by atoms with E-state index in [1.54, 1.807) is 30.7 Å².